The lowest BCUT2D eigenvalue weighted by Gasteiger charge is -2.25. The Kier molecular flexibility index (Phi) is 38.8. The fourth-order valence-corrected chi connectivity index (χ4v) is 7.60. The molecule has 0 saturated carbocycles. The van der Waals surface area contributed by atoms with Crippen molar-refractivity contribution in [3.63, 3.8) is 0 Å². The normalized spacial score (nSPS) is 14.1. The van der Waals surface area contributed by atoms with Gasteiger partial charge in [-0.3, -0.25) is 13.8 Å². The number of rotatable bonds is 42. The van der Waals surface area contributed by atoms with Gasteiger partial charge in [-0.2, -0.15) is 0 Å². The number of amides is 1. The first-order valence-corrected chi connectivity index (χ1v) is 23.6. The van der Waals surface area contributed by atoms with E-state index in [4.69, 9.17) is 14.8 Å². The first kappa shape index (κ1) is 50.5. The molecule has 306 valence electrons. The Morgan fingerprint density at radius 2 is 0.902 bits per heavy atom. The summed E-state index contributed by atoms with van der Waals surface area (Å²) in [6.07, 6.45) is 41.0. The summed E-state index contributed by atoms with van der Waals surface area (Å²) in [5.74, 6) is -0.157. The minimum absolute atomic E-state index is 0.0925. The number of hydrogen-bond acceptors (Lipinski definition) is 6. The molecule has 0 fully saturated rings. The lowest BCUT2D eigenvalue weighted by Crippen LogP contribution is -2.46. The number of aliphatic hydroxyl groups excluding tert-OH is 1. The molecule has 0 aromatic carbocycles. The molecule has 0 aliphatic heterocycles. The van der Waals surface area contributed by atoms with E-state index in [1.165, 1.54) is 167 Å². The molecule has 0 bridgehead atoms. The van der Waals surface area contributed by atoms with E-state index in [-0.39, 0.29) is 25.7 Å². The predicted octanol–water partition coefficient (Wildman–Crippen LogP) is 12.2. The largest absolute Gasteiger partial charge is 0.472 e. The first-order valence-electron chi connectivity index (χ1n) is 22.2. The average molecular weight is 747 g/mol. The van der Waals surface area contributed by atoms with Crippen LogP contribution in [0.3, 0.4) is 0 Å². The lowest BCUT2D eigenvalue weighted by atomic mass is 10.0. The van der Waals surface area contributed by atoms with Crippen LogP contribution in [0.5, 0.6) is 0 Å². The van der Waals surface area contributed by atoms with E-state index >= 15 is 0 Å². The average Bonchev–Trinajstić information content (AvgIpc) is 3.12. The third-order valence-electron chi connectivity index (χ3n) is 10.2. The molecule has 0 aromatic heterocycles. The van der Waals surface area contributed by atoms with Gasteiger partial charge in [0.2, 0.25) is 5.91 Å². The summed E-state index contributed by atoms with van der Waals surface area (Å²) in [4.78, 5) is 22.7. The summed E-state index contributed by atoms with van der Waals surface area (Å²) in [6.45, 7) is 4.24. The summed E-state index contributed by atoms with van der Waals surface area (Å²) in [7, 11) is -4.31. The summed E-state index contributed by atoms with van der Waals surface area (Å²) in [5, 5.41) is 13.8. The van der Waals surface area contributed by atoms with Gasteiger partial charge in [0.05, 0.1) is 25.4 Å². The first-order chi connectivity index (χ1) is 24.9. The molecule has 0 heterocycles. The molecule has 0 aromatic rings. The van der Waals surface area contributed by atoms with Gasteiger partial charge < -0.3 is 21.1 Å². The van der Waals surface area contributed by atoms with Gasteiger partial charge in [0, 0.05) is 13.0 Å². The van der Waals surface area contributed by atoms with E-state index in [0.29, 0.717) is 12.8 Å². The Labute approximate surface area is 316 Å². The second kappa shape index (κ2) is 39.2. The minimum atomic E-state index is -4.31. The summed E-state index contributed by atoms with van der Waals surface area (Å²) >= 11 is 0. The number of aliphatic hydroxyl groups is 1. The number of nitrogens with two attached hydrogens (primary N) is 1. The maximum Gasteiger partial charge on any atom is 0.472 e. The molecule has 0 saturated heterocycles. The highest BCUT2D eigenvalue weighted by atomic mass is 31.2. The van der Waals surface area contributed by atoms with Crippen LogP contribution in [0.25, 0.3) is 0 Å². The van der Waals surface area contributed by atoms with Crippen LogP contribution in [0.15, 0.2) is 0 Å². The van der Waals surface area contributed by atoms with Crippen molar-refractivity contribution in [2.24, 2.45) is 5.73 Å². The van der Waals surface area contributed by atoms with E-state index in [1.807, 2.05) is 0 Å². The van der Waals surface area contributed by atoms with E-state index in [1.54, 1.807) is 0 Å². The van der Waals surface area contributed by atoms with Crippen LogP contribution in [0.2, 0.25) is 0 Å². The van der Waals surface area contributed by atoms with Gasteiger partial charge >= 0.3 is 7.82 Å². The smallest absolute Gasteiger partial charge is 0.391 e. The number of nitrogens with one attached hydrogen (secondary N) is 1. The van der Waals surface area contributed by atoms with Gasteiger partial charge in [-0.1, -0.05) is 213 Å². The van der Waals surface area contributed by atoms with Crippen molar-refractivity contribution in [1.82, 2.24) is 5.32 Å². The predicted molar refractivity (Wildman–Crippen MR) is 217 cm³/mol. The molecule has 0 aliphatic rings. The zero-order valence-corrected chi connectivity index (χ0v) is 34.8. The van der Waals surface area contributed by atoms with Crippen LogP contribution in [0.1, 0.15) is 232 Å². The molecule has 0 aliphatic carbocycles. The van der Waals surface area contributed by atoms with Crippen LogP contribution < -0.4 is 11.1 Å². The van der Waals surface area contributed by atoms with E-state index < -0.39 is 20.0 Å². The van der Waals surface area contributed by atoms with Crippen LogP contribution in [-0.2, 0) is 18.4 Å². The number of carbonyl (C=O) groups excluding carboxylic acids is 1. The van der Waals surface area contributed by atoms with Crippen molar-refractivity contribution in [1.29, 1.82) is 0 Å². The van der Waals surface area contributed by atoms with Gasteiger partial charge in [0.15, 0.2) is 0 Å². The lowest BCUT2D eigenvalue weighted by molar-refractivity contribution is -0.123. The van der Waals surface area contributed by atoms with Crippen LogP contribution >= 0.6 is 7.82 Å². The third-order valence-corrected chi connectivity index (χ3v) is 11.2. The zero-order valence-electron chi connectivity index (χ0n) is 33.9. The molecular weight excluding hydrogens is 659 g/mol. The van der Waals surface area contributed by atoms with E-state index in [2.05, 4.69) is 19.2 Å². The van der Waals surface area contributed by atoms with Crippen LogP contribution in [0, 0.1) is 0 Å². The molecule has 5 N–H and O–H groups in total. The Morgan fingerprint density at radius 3 is 1.25 bits per heavy atom. The molecule has 3 unspecified atom stereocenters. The molecule has 9 heteroatoms. The quantitative estimate of drug-likeness (QED) is 0.0361. The molecule has 51 heavy (non-hydrogen) atoms. The van der Waals surface area contributed by atoms with Crippen molar-refractivity contribution in [2.75, 3.05) is 19.8 Å². The highest BCUT2D eigenvalue weighted by Crippen LogP contribution is 2.43. The van der Waals surface area contributed by atoms with Gasteiger partial charge in [-0.15, -0.1) is 0 Å². The number of carbonyl (C=O) groups is 1. The second-order valence-electron chi connectivity index (χ2n) is 15.3. The number of phosphoric ester groups is 1. The molecule has 0 rings (SSSR count). The summed E-state index contributed by atoms with van der Waals surface area (Å²) in [6, 6.07) is -0.767. The fourth-order valence-electron chi connectivity index (χ4n) is 6.84. The maximum absolute atomic E-state index is 12.8. The second-order valence-corrected chi connectivity index (χ2v) is 16.7. The van der Waals surface area contributed by atoms with Crippen LogP contribution in [0.4, 0.5) is 0 Å². The SMILES string of the molecule is CCCCCCCCCCCCCCCCCCC(=O)NC(COP(=O)(O)OCCN)C(O)CCCCCCCCCCCCCCCCCC. The Hall–Kier alpha value is -0.500. The Balaban J connectivity index is 4.11. The van der Waals surface area contributed by atoms with Gasteiger partial charge in [0.1, 0.15) is 0 Å². The van der Waals surface area contributed by atoms with Crippen molar-refractivity contribution >= 4 is 13.7 Å². The molecule has 0 radical (unpaired) electrons. The monoisotopic (exact) mass is 747 g/mol. The number of phosphoric acid groups is 1. The standard InChI is InChI=1S/C42H87N2O6P/c1-3-5-7-9-11-13-15-17-19-21-23-25-27-29-31-33-35-41(45)40(39-50-51(47,48)49-38-37-43)44-42(46)36-34-32-30-28-26-24-22-20-18-16-14-12-10-8-6-4-2/h40-41,45H,3-39,43H2,1-2H3,(H,44,46)(H,47,48). The highest BCUT2D eigenvalue weighted by molar-refractivity contribution is 7.47. The van der Waals surface area contributed by atoms with Crippen molar-refractivity contribution in [3.8, 4) is 0 Å². The number of hydrogen-bond donors (Lipinski definition) is 4. The Bertz CT molecular complexity index is 774. The summed E-state index contributed by atoms with van der Waals surface area (Å²) < 4.78 is 22.2. The third kappa shape index (κ3) is 37.6. The molecule has 8 nitrogen and oxygen atoms in total. The molecule has 3 atom stereocenters. The zero-order chi connectivity index (χ0) is 37.5. The highest BCUT2D eigenvalue weighted by Gasteiger charge is 2.27. The minimum Gasteiger partial charge on any atom is -0.391 e. The van der Waals surface area contributed by atoms with Gasteiger partial charge in [0.25, 0.3) is 0 Å². The maximum atomic E-state index is 12.8. The molecule has 1 amide bonds. The summed E-state index contributed by atoms with van der Waals surface area (Å²) in [5.41, 5.74) is 5.38. The van der Waals surface area contributed by atoms with Gasteiger partial charge in [-0.05, 0) is 12.8 Å². The Morgan fingerprint density at radius 1 is 0.569 bits per heavy atom. The van der Waals surface area contributed by atoms with Crippen LogP contribution in [-0.4, -0.2) is 47.8 Å². The molecular formula is C42H87N2O6P. The topological polar surface area (TPSA) is 131 Å². The van der Waals surface area contributed by atoms with Gasteiger partial charge in [-0.25, -0.2) is 4.57 Å². The van der Waals surface area contributed by atoms with E-state index in [0.717, 1.165) is 38.5 Å². The molecule has 0 spiro atoms. The fraction of sp³-hybridized carbons (Fsp3) is 0.976. The van der Waals surface area contributed by atoms with Crippen molar-refractivity contribution < 1.29 is 28.4 Å². The number of unbranched alkanes of at least 4 members (excludes halogenated alkanes) is 30. The van der Waals surface area contributed by atoms with Crippen molar-refractivity contribution in [3.05, 3.63) is 0 Å². The van der Waals surface area contributed by atoms with E-state index in [9.17, 15) is 19.4 Å². The van der Waals surface area contributed by atoms with Crippen molar-refractivity contribution in [2.45, 2.75) is 244 Å².